The number of amides is 1. The third-order valence-electron chi connectivity index (χ3n) is 5.80. The molecule has 7 nitrogen and oxygen atoms in total. The molecule has 0 aliphatic carbocycles. The first-order valence-electron chi connectivity index (χ1n) is 8.96. The lowest BCUT2D eigenvalue weighted by Gasteiger charge is -2.34. The van der Waals surface area contributed by atoms with Crippen molar-refractivity contribution in [2.75, 3.05) is 18.0 Å². The van der Waals surface area contributed by atoms with E-state index in [0.717, 1.165) is 29.8 Å². The summed E-state index contributed by atoms with van der Waals surface area (Å²) in [5.74, 6) is -1.04. The van der Waals surface area contributed by atoms with Crippen molar-refractivity contribution in [3.05, 3.63) is 35.4 Å². The zero-order valence-electron chi connectivity index (χ0n) is 14.3. The molecule has 2 fully saturated rings. The Hall–Kier alpha value is -2.54. The molecule has 3 heterocycles. The van der Waals surface area contributed by atoms with Crippen LogP contribution in [0.5, 0.6) is 0 Å². The molecule has 3 atom stereocenters. The van der Waals surface area contributed by atoms with Gasteiger partial charge in [0.2, 0.25) is 0 Å². The van der Waals surface area contributed by atoms with Crippen molar-refractivity contribution in [2.24, 2.45) is 0 Å². The molecule has 1 aromatic rings. The van der Waals surface area contributed by atoms with E-state index in [9.17, 15) is 24.9 Å². The Morgan fingerprint density at radius 2 is 1.77 bits per heavy atom. The van der Waals surface area contributed by atoms with E-state index >= 15 is 0 Å². The number of anilines is 1. The molecule has 7 heteroatoms. The summed E-state index contributed by atoms with van der Waals surface area (Å²) < 4.78 is 0. The first kappa shape index (κ1) is 16.9. The minimum atomic E-state index is -1.04. The van der Waals surface area contributed by atoms with Crippen LogP contribution in [0.15, 0.2) is 29.8 Å². The molecule has 3 aliphatic rings. The summed E-state index contributed by atoms with van der Waals surface area (Å²) >= 11 is 0. The minimum absolute atomic E-state index is 0.149. The fourth-order valence-electron chi connectivity index (χ4n) is 4.60. The summed E-state index contributed by atoms with van der Waals surface area (Å²) in [5, 5.41) is 28.9. The van der Waals surface area contributed by atoms with Crippen LogP contribution in [0.4, 0.5) is 10.5 Å². The Labute approximate surface area is 151 Å². The van der Waals surface area contributed by atoms with Gasteiger partial charge in [-0.05, 0) is 49.0 Å². The number of fused-ring (bicyclic) bond motifs is 2. The molecule has 3 aliphatic heterocycles. The van der Waals surface area contributed by atoms with E-state index in [1.165, 1.54) is 4.90 Å². The number of rotatable bonds is 3. The molecule has 26 heavy (non-hydrogen) atoms. The quantitative estimate of drug-likeness (QED) is 0.764. The van der Waals surface area contributed by atoms with Gasteiger partial charge >= 0.3 is 12.1 Å². The van der Waals surface area contributed by atoms with Crippen molar-refractivity contribution in [1.82, 2.24) is 4.90 Å². The molecule has 1 amide bonds. The van der Waals surface area contributed by atoms with Crippen molar-refractivity contribution in [3.63, 3.8) is 0 Å². The monoisotopic (exact) mass is 358 g/mol. The van der Waals surface area contributed by atoms with Crippen LogP contribution >= 0.6 is 0 Å². The standard InChI is InChI=1S/C19H22N2O5/c22-14-7-8-20(10-14)12-3-1-11(2-4-12)15-9-13-5-6-16(17(15)18(23)24)21(13)19(25)26/h1-4,13-14,16,22H,5-10H2,(H,23,24)(H,25,26)/t13-,14-,16+/m0/s1. The number of nitrogens with zero attached hydrogens (tertiary/aromatic N) is 2. The maximum atomic E-state index is 11.9. The first-order chi connectivity index (χ1) is 12.5. The number of hydrogen-bond acceptors (Lipinski definition) is 4. The normalized spacial score (nSPS) is 28.0. The lowest BCUT2D eigenvalue weighted by molar-refractivity contribution is -0.133. The van der Waals surface area contributed by atoms with Gasteiger partial charge in [0.1, 0.15) is 0 Å². The number of hydrogen-bond donors (Lipinski definition) is 3. The molecule has 0 unspecified atom stereocenters. The Balaban J connectivity index is 1.67. The highest BCUT2D eigenvalue weighted by atomic mass is 16.4. The van der Waals surface area contributed by atoms with Crippen LogP contribution in [0.3, 0.4) is 0 Å². The van der Waals surface area contributed by atoms with Gasteiger partial charge in [0, 0.05) is 24.8 Å². The summed E-state index contributed by atoms with van der Waals surface area (Å²) in [6.07, 6.45) is 1.11. The van der Waals surface area contributed by atoms with E-state index in [1.807, 2.05) is 24.3 Å². The first-order valence-corrected chi connectivity index (χ1v) is 8.96. The summed E-state index contributed by atoms with van der Waals surface area (Å²) in [5.41, 5.74) is 2.81. The van der Waals surface area contributed by atoms with Crippen LogP contribution < -0.4 is 4.90 Å². The molecule has 0 aromatic heterocycles. The number of β-amino-alcohol motifs (C(OH)–C–C–N with tert-alkyl or cyclic N) is 1. The second-order valence-corrected chi connectivity index (χ2v) is 7.27. The Morgan fingerprint density at radius 1 is 1.04 bits per heavy atom. The average molecular weight is 358 g/mol. The third kappa shape index (κ3) is 2.72. The molecule has 0 saturated carbocycles. The van der Waals surface area contributed by atoms with Crippen LogP contribution in [0, 0.1) is 0 Å². The van der Waals surface area contributed by atoms with Gasteiger partial charge in [0.25, 0.3) is 0 Å². The summed E-state index contributed by atoms with van der Waals surface area (Å²) in [7, 11) is 0. The number of aliphatic carboxylic acids is 1. The van der Waals surface area contributed by atoms with E-state index in [1.54, 1.807) is 0 Å². The maximum absolute atomic E-state index is 11.9. The van der Waals surface area contributed by atoms with Gasteiger partial charge in [-0.15, -0.1) is 0 Å². The molecule has 4 rings (SSSR count). The van der Waals surface area contributed by atoms with Gasteiger partial charge in [-0.1, -0.05) is 12.1 Å². The highest BCUT2D eigenvalue weighted by Crippen LogP contribution is 2.43. The molecule has 0 radical (unpaired) electrons. The molecule has 3 N–H and O–H groups in total. The van der Waals surface area contributed by atoms with Crippen molar-refractivity contribution >= 4 is 23.3 Å². The largest absolute Gasteiger partial charge is 0.478 e. The highest BCUT2D eigenvalue weighted by molar-refractivity contribution is 5.99. The smallest absolute Gasteiger partial charge is 0.408 e. The van der Waals surface area contributed by atoms with Gasteiger partial charge in [0.05, 0.1) is 17.7 Å². The Morgan fingerprint density at radius 3 is 2.35 bits per heavy atom. The average Bonchev–Trinajstić information content (AvgIpc) is 3.17. The molecule has 0 spiro atoms. The van der Waals surface area contributed by atoms with Crippen LogP contribution in [0.25, 0.3) is 5.57 Å². The third-order valence-corrected chi connectivity index (χ3v) is 5.80. The Kier molecular flexibility index (Phi) is 4.11. The fraction of sp³-hybridized carbons (Fsp3) is 0.474. The molecule has 2 saturated heterocycles. The van der Waals surface area contributed by atoms with Crippen LogP contribution in [0.1, 0.15) is 31.2 Å². The summed E-state index contributed by atoms with van der Waals surface area (Å²) in [4.78, 5) is 26.8. The van der Waals surface area contributed by atoms with E-state index in [0.29, 0.717) is 25.8 Å². The van der Waals surface area contributed by atoms with E-state index < -0.39 is 18.1 Å². The molecular weight excluding hydrogens is 336 g/mol. The van der Waals surface area contributed by atoms with Crippen molar-refractivity contribution < 1.29 is 24.9 Å². The van der Waals surface area contributed by atoms with Gasteiger partial charge in [0.15, 0.2) is 0 Å². The van der Waals surface area contributed by atoms with Gasteiger partial charge in [-0.25, -0.2) is 9.59 Å². The Bertz CT molecular complexity index is 773. The zero-order valence-corrected chi connectivity index (χ0v) is 14.3. The maximum Gasteiger partial charge on any atom is 0.408 e. The second kappa shape index (κ2) is 6.32. The van der Waals surface area contributed by atoms with Crippen molar-refractivity contribution in [3.8, 4) is 0 Å². The van der Waals surface area contributed by atoms with Gasteiger partial charge < -0.3 is 20.2 Å². The number of carboxylic acids is 1. The van der Waals surface area contributed by atoms with Crippen LogP contribution in [0.2, 0.25) is 0 Å². The summed E-state index contributed by atoms with van der Waals surface area (Å²) in [6.45, 7) is 1.42. The predicted molar refractivity (Wildman–Crippen MR) is 95.1 cm³/mol. The van der Waals surface area contributed by atoms with Crippen LogP contribution in [-0.4, -0.2) is 63.6 Å². The fourth-order valence-corrected chi connectivity index (χ4v) is 4.60. The minimum Gasteiger partial charge on any atom is -0.478 e. The molecular formula is C19H22N2O5. The zero-order chi connectivity index (χ0) is 18.4. The van der Waals surface area contributed by atoms with E-state index in [2.05, 4.69) is 4.90 Å². The van der Waals surface area contributed by atoms with Crippen LogP contribution in [-0.2, 0) is 4.79 Å². The molecule has 1 aromatic carbocycles. The number of aliphatic hydroxyl groups is 1. The second-order valence-electron chi connectivity index (χ2n) is 7.27. The van der Waals surface area contributed by atoms with E-state index in [4.69, 9.17) is 0 Å². The number of carbonyl (C=O) groups is 2. The SMILES string of the molecule is O=C(O)C1=C(c2ccc(N3CC[C@H](O)C3)cc2)C[C@@H]2CC[C@H]1N2C(=O)O. The predicted octanol–water partition coefficient (Wildman–Crippen LogP) is 2.01. The molecule has 138 valence electrons. The van der Waals surface area contributed by atoms with Gasteiger partial charge in [-0.3, -0.25) is 4.90 Å². The van der Waals surface area contributed by atoms with Crippen molar-refractivity contribution in [2.45, 2.75) is 43.9 Å². The highest BCUT2D eigenvalue weighted by Gasteiger charge is 2.46. The lowest BCUT2D eigenvalue weighted by atomic mass is 9.88. The topological polar surface area (TPSA) is 101 Å². The summed E-state index contributed by atoms with van der Waals surface area (Å²) in [6, 6.07) is 7.01. The number of aliphatic hydroxyl groups excluding tert-OH is 1. The van der Waals surface area contributed by atoms with Crippen molar-refractivity contribution in [1.29, 1.82) is 0 Å². The lowest BCUT2D eigenvalue weighted by Crippen LogP contribution is -2.45. The number of carboxylic acid groups (broad SMARTS) is 2. The molecule has 2 bridgehead atoms. The number of benzene rings is 1. The van der Waals surface area contributed by atoms with Gasteiger partial charge in [-0.2, -0.15) is 0 Å². The van der Waals surface area contributed by atoms with E-state index in [-0.39, 0.29) is 17.7 Å².